The standard InChI is InChI=1S/C7H12N2/c1-4-5-6(2)9-7(3)8/h4-5,9H,1,3,8H2,2H3/b6-5+. The Morgan fingerprint density at radius 2 is 2.22 bits per heavy atom. The van der Waals surface area contributed by atoms with E-state index in [2.05, 4.69) is 18.5 Å². The van der Waals surface area contributed by atoms with Crippen LogP contribution in [-0.2, 0) is 0 Å². The molecule has 50 valence electrons. The van der Waals surface area contributed by atoms with Gasteiger partial charge in [0.1, 0.15) is 0 Å². The second-order valence-corrected chi connectivity index (χ2v) is 1.74. The Bertz CT molecular complexity index is 145. The lowest BCUT2D eigenvalue weighted by molar-refractivity contribution is 0.954. The van der Waals surface area contributed by atoms with Crippen molar-refractivity contribution < 1.29 is 0 Å². The van der Waals surface area contributed by atoms with Crippen molar-refractivity contribution >= 4 is 0 Å². The Labute approximate surface area is 55.7 Å². The summed E-state index contributed by atoms with van der Waals surface area (Å²) in [6.07, 6.45) is 3.50. The third kappa shape index (κ3) is 4.68. The Morgan fingerprint density at radius 1 is 1.67 bits per heavy atom. The summed E-state index contributed by atoms with van der Waals surface area (Å²) in [6, 6.07) is 0. The zero-order valence-electron chi connectivity index (χ0n) is 5.65. The summed E-state index contributed by atoms with van der Waals surface area (Å²) in [5, 5.41) is 2.82. The maximum absolute atomic E-state index is 5.24. The Kier molecular flexibility index (Phi) is 3.28. The van der Waals surface area contributed by atoms with Gasteiger partial charge in [-0.05, 0) is 13.0 Å². The molecular formula is C7H12N2. The third-order valence-corrected chi connectivity index (χ3v) is 0.726. The van der Waals surface area contributed by atoms with E-state index in [1.165, 1.54) is 0 Å². The molecule has 0 rings (SSSR count). The minimum Gasteiger partial charge on any atom is -0.386 e. The molecule has 0 heterocycles. The lowest BCUT2D eigenvalue weighted by Crippen LogP contribution is -2.15. The van der Waals surface area contributed by atoms with Crippen molar-refractivity contribution in [2.45, 2.75) is 6.92 Å². The molecule has 0 saturated carbocycles. The molecule has 9 heavy (non-hydrogen) atoms. The van der Waals surface area contributed by atoms with Crippen molar-refractivity contribution in [1.29, 1.82) is 0 Å². The van der Waals surface area contributed by atoms with E-state index in [4.69, 9.17) is 5.73 Å². The molecule has 0 amide bonds. The molecule has 3 N–H and O–H groups in total. The predicted octanol–water partition coefficient (Wildman–Crippen LogP) is 1.10. The molecule has 0 saturated heterocycles. The second kappa shape index (κ2) is 3.78. The van der Waals surface area contributed by atoms with Crippen LogP contribution in [-0.4, -0.2) is 0 Å². The molecular weight excluding hydrogens is 112 g/mol. The van der Waals surface area contributed by atoms with E-state index < -0.39 is 0 Å². The summed E-state index contributed by atoms with van der Waals surface area (Å²) < 4.78 is 0. The fraction of sp³-hybridized carbons (Fsp3) is 0.143. The van der Waals surface area contributed by atoms with Gasteiger partial charge in [0.05, 0.1) is 5.82 Å². The van der Waals surface area contributed by atoms with Crippen molar-refractivity contribution in [3.05, 3.63) is 36.8 Å². The van der Waals surface area contributed by atoms with Gasteiger partial charge in [0, 0.05) is 5.70 Å². The van der Waals surface area contributed by atoms with Gasteiger partial charge in [0.2, 0.25) is 0 Å². The van der Waals surface area contributed by atoms with Gasteiger partial charge in [-0.1, -0.05) is 19.2 Å². The molecule has 0 aliphatic heterocycles. The lowest BCUT2D eigenvalue weighted by atomic mass is 10.4. The normalized spacial score (nSPS) is 10.6. The van der Waals surface area contributed by atoms with Gasteiger partial charge >= 0.3 is 0 Å². The zero-order valence-corrected chi connectivity index (χ0v) is 5.65. The summed E-state index contributed by atoms with van der Waals surface area (Å²) in [5.41, 5.74) is 6.19. The minimum absolute atomic E-state index is 0.450. The van der Waals surface area contributed by atoms with Gasteiger partial charge in [0.15, 0.2) is 0 Å². The number of hydrogen-bond donors (Lipinski definition) is 2. The number of nitrogens with one attached hydrogen (secondary N) is 1. The highest BCUT2D eigenvalue weighted by Crippen LogP contribution is 1.86. The molecule has 0 aromatic carbocycles. The van der Waals surface area contributed by atoms with Crippen LogP contribution in [0.4, 0.5) is 0 Å². The molecule has 0 aliphatic rings. The lowest BCUT2D eigenvalue weighted by Gasteiger charge is -2.01. The number of nitrogens with two attached hydrogens (primary N) is 1. The van der Waals surface area contributed by atoms with Crippen molar-refractivity contribution in [3.63, 3.8) is 0 Å². The molecule has 0 bridgehead atoms. The van der Waals surface area contributed by atoms with Gasteiger partial charge in [-0.2, -0.15) is 0 Å². The van der Waals surface area contributed by atoms with E-state index in [-0.39, 0.29) is 0 Å². The van der Waals surface area contributed by atoms with Crippen LogP contribution in [0.5, 0.6) is 0 Å². The van der Waals surface area contributed by atoms with Crippen LogP contribution in [0.25, 0.3) is 0 Å². The SMILES string of the molecule is C=C/C=C(\C)NC(=C)N. The number of rotatable bonds is 3. The van der Waals surface area contributed by atoms with Crippen LogP contribution in [0, 0.1) is 0 Å². The van der Waals surface area contributed by atoms with Crippen molar-refractivity contribution in [2.24, 2.45) is 5.73 Å². The smallest absolute Gasteiger partial charge is 0.0928 e. The Hall–Kier alpha value is -1.18. The van der Waals surface area contributed by atoms with Crippen molar-refractivity contribution in [1.82, 2.24) is 5.32 Å². The quantitative estimate of drug-likeness (QED) is 0.553. The zero-order chi connectivity index (χ0) is 7.28. The van der Waals surface area contributed by atoms with Crippen molar-refractivity contribution in [2.75, 3.05) is 0 Å². The number of allylic oxidation sites excluding steroid dienone is 3. The Morgan fingerprint density at radius 3 is 2.56 bits per heavy atom. The first kappa shape index (κ1) is 7.82. The van der Waals surface area contributed by atoms with Crippen LogP contribution in [0.3, 0.4) is 0 Å². The third-order valence-electron chi connectivity index (χ3n) is 0.726. The van der Waals surface area contributed by atoms with E-state index in [9.17, 15) is 0 Å². The first-order valence-corrected chi connectivity index (χ1v) is 2.67. The topological polar surface area (TPSA) is 38.0 Å². The summed E-state index contributed by atoms with van der Waals surface area (Å²) in [5.74, 6) is 0.450. The summed E-state index contributed by atoms with van der Waals surface area (Å²) in [7, 11) is 0. The molecule has 0 aromatic rings. The maximum Gasteiger partial charge on any atom is 0.0928 e. The van der Waals surface area contributed by atoms with Crippen molar-refractivity contribution in [3.8, 4) is 0 Å². The fourth-order valence-electron chi connectivity index (χ4n) is 0.472. The molecule has 0 fully saturated rings. The molecule has 0 atom stereocenters. The van der Waals surface area contributed by atoms with Gasteiger partial charge in [-0.15, -0.1) is 0 Å². The highest BCUT2D eigenvalue weighted by atomic mass is 15.0. The summed E-state index contributed by atoms with van der Waals surface area (Å²) in [6.45, 7) is 8.88. The van der Waals surface area contributed by atoms with Crippen LogP contribution >= 0.6 is 0 Å². The van der Waals surface area contributed by atoms with Crippen LogP contribution in [0.1, 0.15) is 6.92 Å². The monoisotopic (exact) mass is 124 g/mol. The average Bonchev–Trinajstić information content (AvgIpc) is 1.63. The van der Waals surface area contributed by atoms with E-state index >= 15 is 0 Å². The molecule has 2 nitrogen and oxygen atoms in total. The van der Waals surface area contributed by atoms with E-state index in [0.29, 0.717) is 5.82 Å². The fourth-order valence-corrected chi connectivity index (χ4v) is 0.472. The minimum atomic E-state index is 0.450. The average molecular weight is 124 g/mol. The Balaban J connectivity index is 3.75. The highest BCUT2D eigenvalue weighted by molar-refractivity contribution is 5.09. The highest BCUT2D eigenvalue weighted by Gasteiger charge is 1.82. The summed E-state index contributed by atoms with van der Waals surface area (Å²) >= 11 is 0. The summed E-state index contributed by atoms with van der Waals surface area (Å²) in [4.78, 5) is 0. The van der Waals surface area contributed by atoms with E-state index in [1.54, 1.807) is 6.08 Å². The molecule has 0 unspecified atom stereocenters. The number of hydrogen-bond acceptors (Lipinski definition) is 2. The molecule has 0 radical (unpaired) electrons. The second-order valence-electron chi connectivity index (χ2n) is 1.74. The molecule has 0 aromatic heterocycles. The van der Waals surface area contributed by atoms with E-state index in [0.717, 1.165) is 5.70 Å². The van der Waals surface area contributed by atoms with Crippen LogP contribution in [0.2, 0.25) is 0 Å². The molecule has 2 heteroatoms. The molecule has 0 spiro atoms. The maximum atomic E-state index is 5.24. The van der Waals surface area contributed by atoms with Gasteiger partial charge < -0.3 is 11.1 Å². The predicted molar refractivity (Wildman–Crippen MR) is 40.4 cm³/mol. The molecule has 0 aliphatic carbocycles. The van der Waals surface area contributed by atoms with E-state index in [1.807, 2.05) is 13.0 Å². The first-order valence-electron chi connectivity index (χ1n) is 2.67. The van der Waals surface area contributed by atoms with Gasteiger partial charge in [-0.25, -0.2) is 0 Å². The largest absolute Gasteiger partial charge is 0.386 e. The van der Waals surface area contributed by atoms with Crippen LogP contribution < -0.4 is 11.1 Å². The van der Waals surface area contributed by atoms with Crippen LogP contribution in [0.15, 0.2) is 36.8 Å². The van der Waals surface area contributed by atoms with Gasteiger partial charge in [0.25, 0.3) is 0 Å². The van der Waals surface area contributed by atoms with Gasteiger partial charge in [-0.3, -0.25) is 0 Å². The first-order chi connectivity index (χ1) is 4.16.